The summed E-state index contributed by atoms with van der Waals surface area (Å²) in [5, 5.41) is 3.14. The predicted octanol–water partition coefficient (Wildman–Crippen LogP) is 4.08. The summed E-state index contributed by atoms with van der Waals surface area (Å²) in [5.41, 5.74) is 0.685. The fourth-order valence-electron chi connectivity index (χ4n) is 3.13. The van der Waals surface area contributed by atoms with Gasteiger partial charge in [-0.05, 0) is 49.9 Å². The highest BCUT2D eigenvalue weighted by Gasteiger charge is 2.34. The molecule has 1 aromatic carbocycles. The van der Waals surface area contributed by atoms with Gasteiger partial charge in [-0.15, -0.1) is 13.2 Å². The van der Waals surface area contributed by atoms with Crippen LogP contribution in [0.5, 0.6) is 5.75 Å². The summed E-state index contributed by atoms with van der Waals surface area (Å²) in [5.74, 6) is 0.453. The van der Waals surface area contributed by atoms with Crippen LogP contribution in [0.25, 0.3) is 0 Å². The Kier molecular flexibility index (Phi) is 4.91. The van der Waals surface area contributed by atoms with Crippen LogP contribution in [0.2, 0.25) is 0 Å². The van der Waals surface area contributed by atoms with Gasteiger partial charge in [0, 0.05) is 0 Å². The van der Waals surface area contributed by atoms with Crippen LogP contribution in [0, 0.1) is 5.92 Å². The minimum absolute atomic E-state index is 0.0481. The third-order valence-electron chi connectivity index (χ3n) is 3.92. The first-order valence-corrected chi connectivity index (χ1v) is 7.00. The number of halogens is 3. The average molecular weight is 287 g/mol. The van der Waals surface area contributed by atoms with Crippen LogP contribution < -0.4 is 10.1 Å². The molecule has 20 heavy (non-hydrogen) atoms. The van der Waals surface area contributed by atoms with Gasteiger partial charge in [-0.3, -0.25) is 0 Å². The average Bonchev–Trinajstić information content (AvgIpc) is 2.39. The Morgan fingerprint density at radius 2 is 1.90 bits per heavy atom. The fraction of sp³-hybridized carbons (Fsp3) is 0.600. The summed E-state index contributed by atoms with van der Waals surface area (Å²) in [4.78, 5) is 0. The molecule has 1 fully saturated rings. The van der Waals surface area contributed by atoms with Crippen LogP contribution in [-0.4, -0.2) is 20.0 Å². The minimum Gasteiger partial charge on any atom is -0.405 e. The van der Waals surface area contributed by atoms with E-state index < -0.39 is 6.36 Å². The zero-order valence-electron chi connectivity index (χ0n) is 11.5. The molecule has 0 spiro atoms. The van der Waals surface area contributed by atoms with Crippen LogP contribution in [0.3, 0.4) is 0 Å². The van der Waals surface area contributed by atoms with Gasteiger partial charge in [0.05, 0.1) is 0 Å². The van der Waals surface area contributed by atoms with Crippen molar-refractivity contribution in [2.24, 2.45) is 5.92 Å². The lowest BCUT2D eigenvalue weighted by molar-refractivity contribution is -0.275. The summed E-state index contributed by atoms with van der Waals surface area (Å²) < 4.78 is 41.7. The highest BCUT2D eigenvalue weighted by Crippen LogP contribution is 2.42. The van der Waals surface area contributed by atoms with Crippen LogP contribution in [-0.2, 0) is 0 Å². The van der Waals surface area contributed by atoms with Crippen molar-refractivity contribution in [1.82, 2.24) is 5.32 Å². The van der Waals surface area contributed by atoms with Crippen LogP contribution in [0.1, 0.15) is 37.2 Å². The molecule has 0 bridgehead atoms. The molecule has 1 saturated carbocycles. The van der Waals surface area contributed by atoms with Gasteiger partial charge in [0.25, 0.3) is 0 Å². The van der Waals surface area contributed by atoms with Crippen molar-refractivity contribution >= 4 is 0 Å². The van der Waals surface area contributed by atoms with Gasteiger partial charge in [-0.1, -0.05) is 31.0 Å². The molecule has 1 aromatic rings. The molecule has 0 aromatic heterocycles. The van der Waals surface area contributed by atoms with E-state index in [4.69, 9.17) is 0 Å². The molecule has 2 rings (SSSR count). The van der Waals surface area contributed by atoms with Gasteiger partial charge in [-0.2, -0.15) is 0 Å². The van der Waals surface area contributed by atoms with Gasteiger partial charge in [-0.25, -0.2) is 0 Å². The highest BCUT2D eigenvalue weighted by molar-refractivity contribution is 5.37. The first kappa shape index (κ1) is 15.2. The second kappa shape index (κ2) is 6.48. The molecule has 0 amide bonds. The zero-order valence-corrected chi connectivity index (χ0v) is 11.5. The number of para-hydroxylation sites is 1. The van der Waals surface area contributed by atoms with Crippen molar-refractivity contribution in [2.75, 3.05) is 13.6 Å². The highest BCUT2D eigenvalue weighted by atomic mass is 19.4. The number of benzene rings is 1. The normalized spacial score (nSPS) is 23.6. The lowest BCUT2D eigenvalue weighted by Gasteiger charge is -2.32. The lowest BCUT2D eigenvalue weighted by Crippen LogP contribution is -2.28. The quantitative estimate of drug-likeness (QED) is 0.901. The van der Waals surface area contributed by atoms with Gasteiger partial charge in [0.1, 0.15) is 5.75 Å². The maximum absolute atomic E-state index is 12.5. The zero-order chi connectivity index (χ0) is 14.6. The number of rotatable bonds is 4. The van der Waals surface area contributed by atoms with Crippen LogP contribution in [0.4, 0.5) is 13.2 Å². The van der Waals surface area contributed by atoms with E-state index in [1.165, 1.54) is 6.07 Å². The second-order valence-corrected chi connectivity index (χ2v) is 5.29. The van der Waals surface area contributed by atoms with Crippen molar-refractivity contribution in [3.8, 4) is 5.75 Å². The largest absolute Gasteiger partial charge is 0.573 e. The van der Waals surface area contributed by atoms with Crippen molar-refractivity contribution in [2.45, 2.75) is 38.0 Å². The number of hydrogen-bond acceptors (Lipinski definition) is 2. The molecule has 1 aliphatic rings. The Morgan fingerprint density at radius 1 is 1.20 bits per heavy atom. The van der Waals surface area contributed by atoms with E-state index in [2.05, 4.69) is 10.1 Å². The number of nitrogens with one attached hydrogen (secondary N) is 1. The first-order chi connectivity index (χ1) is 9.51. The van der Waals surface area contributed by atoms with E-state index in [9.17, 15) is 13.2 Å². The van der Waals surface area contributed by atoms with Gasteiger partial charge in [0.2, 0.25) is 0 Å². The molecule has 1 N–H and O–H groups in total. The molecule has 2 nitrogen and oxygen atoms in total. The van der Waals surface area contributed by atoms with Crippen molar-refractivity contribution in [1.29, 1.82) is 0 Å². The fourth-order valence-corrected chi connectivity index (χ4v) is 3.13. The Morgan fingerprint density at radius 3 is 2.60 bits per heavy atom. The Hall–Kier alpha value is -1.23. The minimum atomic E-state index is -4.64. The maximum atomic E-state index is 12.5. The molecule has 0 saturated heterocycles. The molecule has 5 heteroatoms. The van der Waals surface area contributed by atoms with E-state index in [1.54, 1.807) is 18.2 Å². The summed E-state index contributed by atoms with van der Waals surface area (Å²) in [6.07, 6.45) is -0.462. The van der Waals surface area contributed by atoms with Crippen LogP contribution in [0.15, 0.2) is 24.3 Å². The SMILES string of the molecule is CNCC1CCCCC1c1ccccc1OC(F)(F)F. The third kappa shape index (κ3) is 3.88. The Labute approximate surface area is 117 Å². The van der Waals surface area contributed by atoms with Crippen molar-refractivity contribution in [3.05, 3.63) is 29.8 Å². The summed E-state index contributed by atoms with van der Waals surface area (Å²) in [7, 11) is 1.88. The lowest BCUT2D eigenvalue weighted by atomic mass is 9.75. The van der Waals surface area contributed by atoms with Gasteiger partial charge >= 0.3 is 6.36 Å². The van der Waals surface area contributed by atoms with Gasteiger partial charge in [0.15, 0.2) is 0 Å². The molecule has 2 unspecified atom stereocenters. The second-order valence-electron chi connectivity index (χ2n) is 5.29. The van der Waals surface area contributed by atoms with Gasteiger partial charge < -0.3 is 10.1 Å². The van der Waals surface area contributed by atoms with E-state index in [0.717, 1.165) is 32.2 Å². The molecule has 1 aliphatic carbocycles. The van der Waals surface area contributed by atoms with Crippen molar-refractivity contribution in [3.63, 3.8) is 0 Å². The van der Waals surface area contributed by atoms with E-state index in [-0.39, 0.29) is 11.7 Å². The molecule has 2 atom stereocenters. The Bertz CT molecular complexity index is 431. The topological polar surface area (TPSA) is 21.3 Å². The number of alkyl halides is 3. The van der Waals surface area contributed by atoms with E-state index >= 15 is 0 Å². The first-order valence-electron chi connectivity index (χ1n) is 7.00. The Balaban J connectivity index is 2.25. The number of hydrogen-bond donors (Lipinski definition) is 1. The van der Waals surface area contributed by atoms with E-state index in [1.807, 2.05) is 7.05 Å². The molecule has 0 radical (unpaired) electrons. The smallest absolute Gasteiger partial charge is 0.405 e. The molecular formula is C15H20F3NO. The molecule has 0 aliphatic heterocycles. The van der Waals surface area contributed by atoms with E-state index in [0.29, 0.717) is 11.5 Å². The monoisotopic (exact) mass is 287 g/mol. The standard InChI is InChI=1S/C15H20F3NO/c1-19-10-11-6-2-3-7-12(11)13-8-4-5-9-14(13)20-15(16,17)18/h4-5,8-9,11-12,19H,2-3,6-7,10H2,1H3. The summed E-state index contributed by atoms with van der Waals surface area (Å²) >= 11 is 0. The summed E-state index contributed by atoms with van der Waals surface area (Å²) in [6, 6.07) is 6.54. The molecule has 0 heterocycles. The summed E-state index contributed by atoms with van der Waals surface area (Å²) in [6.45, 7) is 0.824. The van der Waals surface area contributed by atoms with Crippen molar-refractivity contribution < 1.29 is 17.9 Å². The molecular weight excluding hydrogens is 267 g/mol. The maximum Gasteiger partial charge on any atom is 0.573 e. The predicted molar refractivity (Wildman–Crippen MR) is 71.8 cm³/mol. The number of ether oxygens (including phenoxy) is 1. The molecule has 112 valence electrons. The third-order valence-corrected chi connectivity index (χ3v) is 3.92. The van der Waals surface area contributed by atoms with Crippen LogP contribution >= 0.6 is 0 Å².